The number of alkyl halides is 3. The SMILES string of the molecule is CC(OC(=O)C=Cc1ccco1)C(=O)Nc1cccc(C(F)(F)F)c1. The zero-order valence-electron chi connectivity index (χ0n) is 13.0. The van der Waals surface area contributed by atoms with Crippen LogP contribution in [0.1, 0.15) is 18.2 Å². The van der Waals surface area contributed by atoms with E-state index >= 15 is 0 Å². The van der Waals surface area contributed by atoms with Crippen molar-refractivity contribution in [3.8, 4) is 0 Å². The summed E-state index contributed by atoms with van der Waals surface area (Å²) in [6, 6.07) is 7.41. The van der Waals surface area contributed by atoms with Crippen LogP contribution < -0.4 is 5.32 Å². The molecule has 8 heteroatoms. The molecule has 1 N–H and O–H groups in total. The van der Waals surface area contributed by atoms with Gasteiger partial charge in [-0.25, -0.2) is 4.79 Å². The van der Waals surface area contributed by atoms with Crippen LogP contribution in [0.3, 0.4) is 0 Å². The van der Waals surface area contributed by atoms with Crippen molar-refractivity contribution >= 4 is 23.6 Å². The number of esters is 1. The van der Waals surface area contributed by atoms with E-state index in [9.17, 15) is 22.8 Å². The van der Waals surface area contributed by atoms with Crippen molar-refractivity contribution in [1.82, 2.24) is 0 Å². The molecule has 1 aromatic heterocycles. The van der Waals surface area contributed by atoms with Gasteiger partial charge in [0.05, 0.1) is 11.8 Å². The monoisotopic (exact) mass is 353 g/mol. The number of anilines is 1. The smallest absolute Gasteiger partial charge is 0.416 e. The van der Waals surface area contributed by atoms with Crippen LogP contribution in [0.4, 0.5) is 18.9 Å². The minimum Gasteiger partial charge on any atom is -0.465 e. The van der Waals surface area contributed by atoms with Crippen LogP contribution in [0.25, 0.3) is 6.08 Å². The second kappa shape index (κ2) is 7.69. The summed E-state index contributed by atoms with van der Waals surface area (Å²) in [7, 11) is 0. The molecule has 1 amide bonds. The number of amides is 1. The number of rotatable bonds is 5. The molecule has 0 fully saturated rings. The van der Waals surface area contributed by atoms with E-state index < -0.39 is 29.7 Å². The third kappa shape index (κ3) is 5.52. The highest BCUT2D eigenvalue weighted by molar-refractivity contribution is 5.96. The van der Waals surface area contributed by atoms with Gasteiger partial charge < -0.3 is 14.5 Å². The molecule has 0 radical (unpaired) electrons. The van der Waals surface area contributed by atoms with E-state index in [2.05, 4.69) is 5.32 Å². The van der Waals surface area contributed by atoms with Gasteiger partial charge in [-0.2, -0.15) is 13.2 Å². The molecule has 0 saturated heterocycles. The number of hydrogen-bond donors (Lipinski definition) is 1. The molecule has 1 heterocycles. The first-order valence-electron chi connectivity index (χ1n) is 7.16. The zero-order chi connectivity index (χ0) is 18.4. The largest absolute Gasteiger partial charge is 0.465 e. The van der Waals surface area contributed by atoms with E-state index in [-0.39, 0.29) is 5.69 Å². The summed E-state index contributed by atoms with van der Waals surface area (Å²) in [5.41, 5.74) is -0.940. The fraction of sp³-hybridized carbons (Fsp3) is 0.176. The predicted molar refractivity (Wildman–Crippen MR) is 83.4 cm³/mol. The Balaban J connectivity index is 1.93. The molecule has 25 heavy (non-hydrogen) atoms. The minimum absolute atomic E-state index is 0.0474. The van der Waals surface area contributed by atoms with Gasteiger partial charge in [-0.3, -0.25) is 4.79 Å². The average Bonchev–Trinajstić information content (AvgIpc) is 3.05. The number of benzene rings is 1. The third-order valence-electron chi connectivity index (χ3n) is 3.05. The fourth-order valence-corrected chi connectivity index (χ4v) is 1.82. The number of ether oxygens (including phenoxy) is 1. The molecule has 0 aliphatic rings. The summed E-state index contributed by atoms with van der Waals surface area (Å²) < 4.78 is 47.8. The minimum atomic E-state index is -4.52. The predicted octanol–water partition coefficient (Wildman–Crippen LogP) is 3.88. The Kier molecular flexibility index (Phi) is 5.63. The van der Waals surface area contributed by atoms with E-state index in [0.717, 1.165) is 18.2 Å². The van der Waals surface area contributed by atoms with E-state index in [4.69, 9.17) is 9.15 Å². The van der Waals surface area contributed by atoms with E-state index in [0.29, 0.717) is 5.76 Å². The highest BCUT2D eigenvalue weighted by Gasteiger charge is 2.30. The molecule has 0 saturated carbocycles. The lowest BCUT2D eigenvalue weighted by Gasteiger charge is -2.13. The quantitative estimate of drug-likeness (QED) is 0.654. The fourth-order valence-electron chi connectivity index (χ4n) is 1.82. The Morgan fingerprint density at radius 2 is 2.00 bits per heavy atom. The maximum atomic E-state index is 12.6. The first-order chi connectivity index (χ1) is 11.8. The summed E-state index contributed by atoms with van der Waals surface area (Å²) in [6.07, 6.45) is -1.85. The van der Waals surface area contributed by atoms with E-state index in [1.165, 1.54) is 31.4 Å². The Labute approximate surface area is 141 Å². The third-order valence-corrected chi connectivity index (χ3v) is 3.05. The Morgan fingerprint density at radius 1 is 1.24 bits per heavy atom. The second-order valence-corrected chi connectivity index (χ2v) is 5.00. The van der Waals surface area contributed by atoms with Gasteiger partial charge in [0.25, 0.3) is 5.91 Å². The van der Waals surface area contributed by atoms with Crippen molar-refractivity contribution in [2.75, 3.05) is 5.32 Å². The number of furan rings is 1. The highest BCUT2D eigenvalue weighted by Crippen LogP contribution is 2.30. The van der Waals surface area contributed by atoms with Gasteiger partial charge in [-0.05, 0) is 43.3 Å². The first kappa shape index (κ1) is 18.3. The summed E-state index contributed by atoms with van der Waals surface area (Å²) in [5, 5.41) is 2.27. The number of halogens is 3. The van der Waals surface area contributed by atoms with Gasteiger partial charge >= 0.3 is 12.1 Å². The summed E-state index contributed by atoms with van der Waals surface area (Å²) >= 11 is 0. The lowest BCUT2D eigenvalue weighted by atomic mass is 10.2. The van der Waals surface area contributed by atoms with Gasteiger partial charge in [-0.1, -0.05) is 6.07 Å². The Morgan fingerprint density at radius 3 is 2.64 bits per heavy atom. The molecular formula is C17H14F3NO4. The lowest BCUT2D eigenvalue weighted by molar-refractivity contribution is -0.148. The topological polar surface area (TPSA) is 68.5 Å². The van der Waals surface area contributed by atoms with Gasteiger partial charge in [0.2, 0.25) is 0 Å². The molecular weight excluding hydrogens is 339 g/mol. The Hall–Kier alpha value is -3.03. The number of nitrogens with one attached hydrogen (secondary N) is 1. The van der Waals surface area contributed by atoms with Crippen molar-refractivity contribution in [2.45, 2.75) is 19.2 Å². The first-order valence-corrected chi connectivity index (χ1v) is 7.16. The van der Waals surface area contributed by atoms with Gasteiger partial charge in [0, 0.05) is 11.8 Å². The number of hydrogen-bond acceptors (Lipinski definition) is 4. The maximum Gasteiger partial charge on any atom is 0.416 e. The van der Waals surface area contributed by atoms with Crippen LogP contribution in [-0.2, 0) is 20.5 Å². The number of carbonyl (C=O) groups is 2. The Bertz CT molecular complexity index is 766. The number of carbonyl (C=O) groups excluding carboxylic acids is 2. The molecule has 1 aromatic carbocycles. The molecule has 0 bridgehead atoms. The molecule has 132 valence electrons. The summed E-state index contributed by atoms with van der Waals surface area (Å²) in [5.74, 6) is -1.11. The van der Waals surface area contributed by atoms with Crippen molar-refractivity contribution in [3.63, 3.8) is 0 Å². The van der Waals surface area contributed by atoms with Crippen molar-refractivity contribution in [1.29, 1.82) is 0 Å². The van der Waals surface area contributed by atoms with Crippen molar-refractivity contribution in [2.24, 2.45) is 0 Å². The van der Waals surface area contributed by atoms with Gasteiger partial charge in [-0.15, -0.1) is 0 Å². The van der Waals surface area contributed by atoms with Crippen molar-refractivity contribution in [3.05, 3.63) is 60.1 Å². The van der Waals surface area contributed by atoms with Crippen LogP contribution in [0, 0.1) is 0 Å². The molecule has 1 unspecified atom stereocenters. The summed E-state index contributed by atoms with van der Waals surface area (Å²) in [4.78, 5) is 23.5. The zero-order valence-corrected chi connectivity index (χ0v) is 13.0. The summed E-state index contributed by atoms with van der Waals surface area (Å²) in [6.45, 7) is 1.31. The standard InChI is InChI=1S/C17H14F3NO4/c1-11(25-15(22)8-7-14-6-3-9-24-14)16(23)21-13-5-2-4-12(10-13)17(18,19)20/h2-11H,1H3,(H,21,23). The molecule has 2 aromatic rings. The van der Waals surface area contributed by atoms with Crippen LogP contribution >= 0.6 is 0 Å². The van der Waals surface area contributed by atoms with Crippen LogP contribution in [0.2, 0.25) is 0 Å². The molecule has 0 aliphatic heterocycles. The van der Waals surface area contributed by atoms with Crippen LogP contribution in [0.5, 0.6) is 0 Å². The molecule has 5 nitrogen and oxygen atoms in total. The van der Waals surface area contributed by atoms with E-state index in [1.54, 1.807) is 12.1 Å². The van der Waals surface area contributed by atoms with Gasteiger partial charge in [0.1, 0.15) is 5.76 Å². The maximum absolute atomic E-state index is 12.6. The second-order valence-electron chi connectivity index (χ2n) is 5.00. The van der Waals surface area contributed by atoms with E-state index in [1.807, 2.05) is 0 Å². The van der Waals surface area contributed by atoms with Crippen LogP contribution in [0.15, 0.2) is 53.2 Å². The van der Waals surface area contributed by atoms with Crippen LogP contribution in [-0.4, -0.2) is 18.0 Å². The molecule has 0 spiro atoms. The molecule has 0 aliphatic carbocycles. The lowest BCUT2D eigenvalue weighted by Crippen LogP contribution is -2.29. The van der Waals surface area contributed by atoms with Crippen molar-refractivity contribution < 1.29 is 31.9 Å². The van der Waals surface area contributed by atoms with Gasteiger partial charge in [0.15, 0.2) is 6.10 Å². The normalized spacial score (nSPS) is 12.8. The molecule has 1 atom stereocenters. The average molecular weight is 353 g/mol. The highest BCUT2D eigenvalue weighted by atomic mass is 19.4. The molecule has 2 rings (SSSR count).